The van der Waals surface area contributed by atoms with Crippen LogP contribution in [0.2, 0.25) is 0 Å². The first-order valence-corrected chi connectivity index (χ1v) is 10.7. The van der Waals surface area contributed by atoms with Crippen molar-refractivity contribution < 1.29 is 9.47 Å². The van der Waals surface area contributed by atoms with Crippen molar-refractivity contribution in [3.63, 3.8) is 0 Å². The van der Waals surface area contributed by atoms with E-state index in [1.54, 1.807) is 7.11 Å². The first-order chi connectivity index (χ1) is 14.7. The lowest BCUT2D eigenvalue weighted by molar-refractivity contribution is 0.0341. The molecule has 1 aliphatic rings. The van der Waals surface area contributed by atoms with Gasteiger partial charge in [-0.05, 0) is 42.2 Å². The summed E-state index contributed by atoms with van der Waals surface area (Å²) in [6, 6.07) is 14.9. The zero-order valence-electron chi connectivity index (χ0n) is 18.4. The van der Waals surface area contributed by atoms with Gasteiger partial charge in [0.05, 0.1) is 26.9 Å². The minimum atomic E-state index is 0.599. The summed E-state index contributed by atoms with van der Waals surface area (Å²) in [5.74, 6) is 1.72. The molecule has 0 unspecified atom stereocenters. The summed E-state index contributed by atoms with van der Waals surface area (Å²) >= 11 is 0. The van der Waals surface area contributed by atoms with E-state index >= 15 is 0 Å². The molecule has 2 aromatic carbocycles. The minimum absolute atomic E-state index is 0.599. The highest BCUT2D eigenvalue weighted by Crippen LogP contribution is 2.19. The van der Waals surface area contributed by atoms with Gasteiger partial charge in [0.15, 0.2) is 5.96 Å². The second kappa shape index (κ2) is 11.6. The molecule has 0 aromatic heterocycles. The van der Waals surface area contributed by atoms with Crippen LogP contribution < -0.4 is 15.4 Å². The molecule has 0 aliphatic carbocycles. The Morgan fingerprint density at radius 3 is 2.60 bits per heavy atom. The van der Waals surface area contributed by atoms with Crippen LogP contribution in [0.3, 0.4) is 0 Å². The summed E-state index contributed by atoms with van der Waals surface area (Å²) in [6.45, 7) is 10.9. The third-order valence-electron chi connectivity index (χ3n) is 5.30. The summed E-state index contributed by atoms with van der Waals surface area (Å²) in [6.07, 6.45) is 0. The van der Waals surface area contributed by atoms with Crippen molar-refractivity contribution in [3.05, 3.63) is 64.7 Å². The predicted molar refractivity (Wildman–Crippen MR) is 122 cm³/mol. The molecule has 1 saturated heterocycles. The number of nitrogens with one attached hydrogen (secondary N) is 2. The van der Waals surface area contributed by atoms with Crippen LogP contribution in [0, 0.1) is 6.92 Å². The van der Waals surface area contributed by atoms with Crippen molar-refractivity contribution in [1.29, 1.82) is 0 Å². The average Bonchev–Trinajstić information content (AvgIpc) is 2.78. The molecule has 6 nitrogen and oxygen atoms in total. The molecule has 1 aliphatic heterocycles. The van der Waals surface area contributed by atoms with Crippen molar-refractivity contribution in [1.82, 2.24) is 15.5 Å². The van der Waals surface area contributed by atoms with Gasteiger partial charge < -0.3 is 20.1 Å². The van der Waals surface area contributed by atoms with Crippen LogP contribution in [-0.2, 0) is 24.4 Å². The van der Waals surface area contributed by atoms with Crippen LogP contribution in [0.1, 0.15) is 29.2 Å². The number of hydrogen-bond acceptors (Lipinski definition) is 4. The summed E-state index contributed by atoms with van der Waals surface area (Å²) in [7, 11) is 1.70. The highest BCUT2D eigenvalue weighted by Gasteiger charge is 2.12. The summed E-state index contributed by atoms with van der Waals surface area (Å²) in [5.41, 5.74) is 4.91. The fraction of sp³-hybridized carbons (Fsp3) is 0.458. The van der Waals surface area contributed by atoms with Crippen LogP contribution in [-0.4, -0.2) is 50.8 Å². The number of rotatable bonds is 8. The molecule has 0 bridgehead atoms. The Bertz CT molecular complexity index is 832. The third-order valence-corrected chi connectivity index (χ3v) is 5.30. The minimum Gasteiger partial charge on any atom is -0.496 e. The molecule has 3 rings (SSSR count). The van der Waals surface area contributed by atoms with Crippen molar-refractivity contribution in [2.24, 2.45) is 4.99 Å². The Morgan fingerprint density at radius 2 is 1.87 bits per heavy atom. The van der Waals surface area contributed by atoms with E-state index in [1.165, 1.54) is 11.1 Å². The van der Waals surface area contributed by atoms with E-state index in [0.29, 0.717) is 6.54 Å². The number of benzene rings is 2. The SMILES string of the molecule is CCNC(=NCc1ccc(C)c(OC)c1)NCc1ccccc1CN1CCOCC1. The molecular weight excluding hydrogens is 376 g/mol. The van der Waals surface area contributed by atoms with Crippen molar-refractivity contribution in [2.45, 2.75) is 33.5 Å². The Morgan fingerprint density at radius 1 is 1.10 bits per heavy atom. The highest BCUT2D eigenvalue weighted by molar-refractivity contribution is 5.79. The van der Waals surface area contributed by atoms with Gasteiger partial charge in [0, 0.05) is 32.7 Å². The topological polar surface area (TPSA) is 58.1 Å². The standard InChI is InChI=1S/C24H34N4O2/c1-4-25-24(26-16-20-10-9-19(2)23(15-20)29-3)27-17-21-7-5-6-8-22(21)18-28-11-13-30-14-12-28/h5-10,15H,4,11-14,16-18H2,1-3H3,(H2,25,26,27). The maximum Gasteiger partial charge on any atom is 0.191 e. The lowest BCUT2D eigenvalue weighted by atomic mass is 10.1. The summed E-state index contributed by atoms with van der Waals surface area (Å²) in [5, 5.41) is 6.83. The first-order valence-electron chi connectivity index (χ1n) is 10.7. The Kier molecular flexibility index (Phi) is 8.53. The van der Waals surface area contributed by atoms with E-state index in [-0.39, 0.29) is 0 Å². The van der Waals surface area contributed by atoms with E-state index in [1.807, 2.05) is 6.92 Å². The number of guanidine groups is 1. The van der Waals surface area contributed by atoms with E-state index in [0.717, 1.165) is 68.8 Å². The Hall–Kier alpha value is -2.57. The zero-order valence-corrected chi connectivity index (χ0v) is 18.4. The third kappa shape index (κ3) is 6.47. The second-order valence-electron chi connectivity index (χ2n) is 7.51. The number of morpholine rings is 1. The lowest BCUT2D eigenvalue weighted by Crippen LogP contribution is -2.38. The molecule has 1 heterocycles. The van der Waals surface area contributed by atoms with E-state index in [9.17, 15) is 0 Å². The highest BCUT2D eigenvalue weighted by atomic mass is 16.5. The molecular formula is C24H34N4O2. The zero-order chi connectivity index (χ0) is 21.2. The largest absolute Gasteiger partial charge is 0.496 e. The molecule has 6 heteroatoms. The average molecular weight is 411 g/mol. The van der Waals surface area contributed by atoms with Gasteiger partial charge in [-0.2, -0.15) is 0 Å². The maximum atomic E-state index is 5.47. The van der Waals surface area contributed by atoms with E-state index < -0.39 is 0 Å². The number of aryl methyl sites for hydroxylation is 1. The quantitative estimate of drug-likeness (QED) is 0.517. The lowest BCUT2D eigenvalue weighted by Gasteiger charge is -2.27. The molecule has 0 amide bonds. The number of nitrogens with zero attached hydrogens (tertiary/aromatic N) is 2. The molecule has 0 radical (unpaired) electrons. The molecule has 0 atom stereocenters. The van der Waals surface area contributed by atoms with Gasteiger partial charge >= 0.3 is 0 Å². The molecule has 0 spiro atoms. The molecule has 2 N–H and O–H groups in total. The van der Waals surface area contributed by atoms with E-state index in [2.05, 4.69) is 64.9 Å². The Balaban J connectivity index is 1.63. The van der Waals surface area contributed by atoms with Crippen LogP contribution in [0.5, 0.6) is 5.75 Å². The van der Waals surface area contributed by atoms with Crippen LogP contribution >= 0.6 is 0 Å². The summed E-state index contributed by atoms with van der Waals surface area (Å²) < 4.78 is 10.9. The van der Waals surface area contributed by atoms with Gasteiger partial charge in [-0.3, -0.25) is 4.90 Å². The van der Waals surface area contributed by atoms with Crippen LogP contribution in [0.15, 0.2) is 47.5 Å². The van der Waals surface area contributed by atoms with Gasteiger partial charge in [-0.15, -0.1) is 0 Å². The number of aliphatic imine (C=N–C) groups is 1. The maximum absolute atomic E-state index is 5.47. The van der Waals surface area contributed by atoms with Gasteiger partial charge in [-0.25, -0.2) is 4.99 Å². The van der Waals surface area contributed by atoms with Crippen molar-refractivity contribution in [3.8, 4) is 5.75 Å². The fourth-order valence-corrected chi connectivity index (χ4v) is 3.54. The number of hydrogen-bond donors (Lipinski definition) is 2. The fourth-order valence-electron chi connectivity index (χ4n) is 3.54. The van der Waals surface area contributed by atoms with Gasteiger partial charge in [0.25, 0.3) is 0 Å². The number of methoxy groups -OCH3 is 1. The predicted octanol–water partition coefficient (Wildman–Crippen LogP) is 3.09. The number of ether oxygens (including phenoxy) is 2. The van der Waals surface area contributed by atoms with Gasteiger partial charge in [-0.1, -0.05) is 36.4 Å². The normalized spacial score (nSPS) is 15.1. The molecule has 0 saturated carbocycles. The molecule has 162 valence electrons. The van der Waals surface area contributed by atoms with Crippen LogP contribution in [0.4, 0.5) is 0 Å². The van der Waals surface area contributed by atoms with Gasteiger partial charge in [0.1, 0.15) is 5.75 Å². The molecule has 30 heavy (non-hydrogen) atoms. The van der Waals surface area contributed by atoms with Gasteiger partial charge in [0.2, 0.25) is 0 Å². The monoisotopic (exact) mass is 410 g/mol. The summed E-state index contributed by atoms with van der Waals surface area (Å²) in [4.78, 5) is 7.21. The first kappa shape index (κ1) is 22.1. The van der Waals surface area contributed by atoms with E-state index in [4.69, 9.17) is 14.5 Å². The smallest absolute Gasteiger partial charge is 0.191 e. The second-order valence-corrected chi connectivity index (χ2v) is 7.51. The molecule has 1 fully saturated rings. The molecule has 2 aromatic rings. The Labute approximate surface area is 180 Å². The van der Waals surface area contributed by atoms with Crippen molar-refractivity contribution in [2.75, 3.05) is 40.0 Å². The van der Waals surface area contributed by atoms with Crippen molar-refractivity contribution >= 4 is 5.96 Å². The van der Waals surface area contributed by atoms with Crippen LogP contribution in [0.25, 0.3) is 0 Å².